The number of carbonyl (C=O) groups excluding carboxylic acids is 2. The standard InChI is InChI=1S/C18H23N7O.C17H18N6O2.C13H15IN4O.C9H19N.C7H9ClN2.C7H8INO.C4H4N2O.C2HF3O2.CH5N.CH4.Cu.HI/c1-12-7-17(20-3)24-18(22-12)23-14-5-6-16(26-4)15(8-14)25-11-13(9-19-2)10-21-25;1-11-6-16(18-2)22-17(20-11)21-13-4-5-15(25-3)14(7-13)23-9-12(10-24)8-19-23;1-8-6-12(15-2)18-13(16-8)17-9-4-5-11(19-3)10(14)7-9;1-3-8-6-4-5-7-9(8)10-2;1-5-3-6(8)10-7(4-5)9-2;1-10-7-3-2-5(9)4-6(7)8;7-3-4-1-5-6-2-4;3-2(4,5)1(6)7;1-2;;;/h5-8,10-11,19H,9H2,1-4H3,(H2,20,22,23,24);4-10H,1-3H3,(H2,18,20,21,22);4-7H,1-3H3,(H2,15,16,17,18);8-10H,3-7H2,1-2H3;3-4H,1-2H3,(H,9,10);2-4H,9H2,1H3;1-3H,(H,5,6);(H,6,7);2H2,1H3;1H4;;1H/q;;;;;;;;;;+1;/p-1/t;;;8-,9-;;;;;;;;/m...0......../s1. The number of aldehydes is 2. The second-order valence-corrected chi connectivity index (χ2v) is 27.1. The van der Waals surface area contributed by atoms with Crippen LogP contribution in [0.3, 0.4) is 0 Å². The fourth-order valence-electron chi connectivity index (χ4n) is 10.4. The van der Waals surface area contributed by atoms with Crippen LogP contribution in [0.4, 0.5) is 77.0 Å². The molecule has 1 aliphatic carbocycles. The molecule has 0 radical (unpaired) electrons. The number of aliphatic carboxylic acids is 1. The van der Waals surface area contributed by atoms with E-state index in [0.717, 1.165) is 135 Å². The number of nitrogens with two attached hydrogens (primary N) is 2. The summed E-state index contributed by atoms with van der Waals surface area (Å²) < 4.78 is 58.3. The first-order chi connectivity index (χ1) is 56.6. The number of hydrogen-bond acceptors (Lipinski definition) is 28. The molecule has 1 fully saturated rings. The molecule has 11 aromatic rings. The van der Waals surface area contributed by atoms with E-state index in [1.807, 2.05) is 171 Å². The van der Waals surface area contributed by atoms with Crippen molar-refractivity contribution < 1.29 is 64.4 Å². The van der Waals surface area contributed by atoms with Crippen LogP contribution in [-0.2, 0) is 24.1 Å². The average Bonchev–Trinajstić information content (AvgIpc) is 1.80. The minimum absolute atomic E-state index is 0. The van der Waals surface area contributed by atoms with Crippen molar-refractivity contribution in [1.29, 1.82) is 0 Å². The molecule has 650 valence electrons. The summed E-state index contributed by atoms with van der Waals surface area (Å²) in [5.41, 5.74) is 20.8. The normalized spacial score (nSPS) is 11.8. The van der Waals surface area contributed by atoms with Crippen LogP contribution < -0.4 is 78.3 Å². The van der Waals surface area contributed by atoms with Crippen molar-refractivity contribution >= 4 is 160 Å². The quantitative estimate of drug-likeness (QED) is 0.00985. The third-order valence-electron chi connectivity index (χ3n) is 15.9. The van der Waals surface area contributed by atoms with Gasteiger partial charge in [0.05, 0.1) is 65.3 Å². The van der Waals surface area contributed by atoms with Crippen LogP contribution in [0.25, 0.3) is 11.4 Å². The molecular weight excluding hydrogens is 1950 g/mol. The number of H-pyrrole nitrogens is 1. The van der Waals surface area contributed by atoms with Gasteiger partial charge in [-0.1, -0.05) is 45.2 Å². The number of anilines is 11. The number of methoxy groups -OCH3 is 4. The van der Waals surface area contributed by atoms with E-state index in [1.54, 1.807) is 71.4 Å². The van der Waals surface area contributed by atoms with Gasteiger partial charge in [0.15, 0.2) is 12.6 Å². The summed E-state index contributed by atoms with van der Waals surface area (Å²) in [7, 11) is 19.3. The molecule has 7 heterocycles. The third-order valence-corrected chi connectivity index (χ3v) is 17.8. The second-order valence-electron chi connectivity index (χ2n) is 24.4. The van der Waals surface area contributed by atoms with E-state index >= 15 is 0 Å². The fraction of sp³-hybridized carbons (Fsp3) is 0.329. The van der Waals surface area contributed by atoms with E-state index in [4.69, 9.17) is 46.2 Å². The summed E-state index contributed by atoms with van der Waals surface area (Å²) in [5, 5.41) is 50.4. The molecule has 1 saturated carbocycles. The Hall–Kier alpha value is -10.0. The van der Waals surface area contributed by atoms with Crippen LogP contribution in [0.5, 0.6) is 23.0 Å². The predicted molar refractivity (Wildman–Crippen MR) is 490 cm³/mol. The van der Waals surface area contributed by atoms with E-state index in [0.29, 0.717) is 45.6 Å². The molecule has 0 bridgehead atoms. The number of nitrogen functional groups attached to an aromatic ring is 1. The van der Waals surface area contributed by atoms with E-state index in [1.165, 1.54) is 57.7 Å². The Morgan fingerprint density at radius 2 is 1.02 bits per heavy atom. The molecule has 15 N–H and O–H groups in total. The Labute approximate surface area is 744 Å². The first-order valence-electron chi connectivity index (χ1n) is 35.9. The molecule has 0 aliphatic heterocycles. The Balaban J connectivity index is 0.000000479. The predicted octanol–water partition coefficient (Wildman–Crippen LogP) is 16.3. The summed E-state index contributed by atoms with van der Waals surface area (Å²) in [6, 6.07) is 32.9. The van der Waals surface area contributed by atoms with Gasteiger partial charge in [-0.3, -0.25) is 14.7 Å². The molecule has 32 nitrogen and oxygen atoms in total. The van der Waals surface area contributed by atoms with Gasteiger partial charge in [-0.15, -0.1) is 0 Å². The average molecular weight is 2060 g/mol. The number of nitrogens with one attached hydrogen (secondary N) is 10. The van der Waals surface area contributed by atoms with E-state index < -0.39 is 12.1 Å². The monoisotopic (exact) mass is 2050 g/mol. The van der Waals surface area contributed by atoms with Gasteiger partial charge in [-0.05, 0) is 203 Å². The zero-order valence-electron chi connectivity index (χ0n) is 68.1. The molecule has 4 aromatic carbocycles. The molecule has 1 aliphatic rings. The van der Waals surface area contributed by atoms with Crippen molar-refractivity contribution in [3.63, 3.8) is 0 Å². The van der Waals surface area contributed by atoms with Gasteiger partial charge in [0.2, 0.25) is 17.8 Å². The number of ether oxygens (including phenoxy) is 4. The van der Waals surface area contributed by atoms with Crippen LogP contribution in [0.2, 0.25) is 5.15 Å². The number of aromatic nitrogens is 13. The van der Waals surface area contributed by atoms with Gasteiger partial charge < -0.3 is 83.4 Å². The van der Waals surface area contributed by atoms with E-state index in [9.17, 15) is 22.8 Å². The molecule has 40 heteroatoms. The number of alkyl halides is 3. The van der Waals surface area contributed by atoms with Crippen molar-refractivity contribution in [2.75, 3.05) is 121 Å². The molecule has 0 spiro atoms. The number of aryl methyl sites for hydroxylation is 4. The fourth-order valence-corrected chi connectivity index (χ4v) is 12.2. The number of halogens is 7. The zero-order valence-corrected chi connectivity index (χ0v) is 76.3. The van der Waals surface area contributed by atoms with Gasteiger partial charge in [-0.25, -0.2) is 34.1 Å². The van der Waals surface area contributed by atoms with E-state index in [-0.39, 0.29) is 7.43 Å². The zero-order chi connectivity index (χ0) is 87.9. The molecule has 7 aromatic heterocycles. The molecule has 0 saturated heterocycles. The Morgan fingerprint density at radius 3 is 1.38 bits per heavy atom. The first kappa shape index (κ1) is 105. The van der Waals surface area contributed by atoms with Crippen molar-refractivity contribution in [1.82, 2.24) is 75.3 Å². The van der Waals surface area contributed by atoms with Gasteiger partial charge in [0, 0.05) is 123 Å². The Bertz CT molecular complexity index is 4780. The number of aromatic amines is 1. The number of carboxylic acid groups (broad SMARTS) is 1. The van der Waals surface area contributed by atoms with Crippen LogP contribution in [0, 0.1) is 40.8 Å². The van der Waals surface area contributed by atoms with Gasteiger partial charge >= 0.3 is 45.3 Å². The Kier molecular flexibility index (Phi) is 50.5. The molecule has 12 rings (SSSR count). The van der Waals surface area contributed by atoms with Crippen molar-refractivity contribution in [3.8, 4) is 34.4 Å². The van der Waals surface area contributed by atoms with Gasteiger partial charge in [-0.2, -0.15) is 43.4 Å². The second kappa shape index (κ2) is 57.2. The molecular formula is C79H106ClCuF3I3N24O8. The van der Waals surface area contributed by atoms with Gasteiger partial charge in [0.1, 0.15) is 62.8 Å². The summed E-state index contributed by atoms with van der Waals surface area (Å²) in [6.07, 6.45) is 13.4. The SMILES string of the molecule is C.CC[C@H]1CCCC[C@@H]1NC.CN.CNCc1cnn(-c2cc(Nc3nc(C)cc(NC)n3)ccc2OC)c1.CNc1cc(C)cc(Cl)n1.CNc1cc(C)nc(Nc2ccc(OC)c(-n3cc(C=O)cn3)c2)n1.CNc1cc(C)nc(Nc2ccc(OC)c(I)c2)n1.COc1ccc(N)cc1I.O=C(O)C(F)(F)F.O=Cc1cn[nH]c1.[Cu][I]. The number of hydrogen-bond donors (Lipinski definition) is 13. The summed E-state index contributed by atoms with van der Waals surface area (Å²) in [4.78, 5) is 59.9. The third kappa shape index (κ3) is 37.9. The topological polar surface area (TPSA) is 423 Å². The van der Waals surface area contributed by atoms with Gasteiger partial charge in [0.25, 0.3) is 0 Å². The summed E-state index contributed by atoms with van der Waals surface area (Å²) in [6.45, 7) is 10.8. The van der Waals surface area contributed by atoms with Crippen molar-refractivity contribution in [3.05, 3.63) is 192 Å². The van der Waals surface area contributed by atoms with Crippen molar-refractivity contribution in [2.24, 2.45) is 11.7 Å². The number of carbonyl (C=O) groups is 3. The van der Waals surface area contributed by atoms with Crippen LogP contribution in [-0.4, -0.2) is 178 Å². The number of rotatable bonds is 22. The Morgan fingerprint density at radius 1 is 0.597 bits per heavy atom. The van der Waals surface area contributed by atoms with Crippen molar-refractivity contribution in [2.45, 2.75) is 92.9 Å². The number of pyridine rings is 1. The van der Waals surface area contributed by atoms with Crippen LogP contribution >= 0.6 is 77.1 Å². The molecule has 2 atom stereocenters. The van der Waals surface area contributed by atoms with Crippen LogP contribution in [0.1, 0.15) is 95.4 Å². The summed E-state index contributed by atoms with van der Waals surface area (Å²) >= 11 is 16.0. The maximum atomic E-state index is 10.9. The first-order valence-corrected chi connectivity index (χ1v) is 41.5. The minimum atomic E-state index is -5.08. The van der Waals surface area contributed by atoms with E-state index in [2.05, 4.69) is 181 Å². The maximum absolute atomic E-state index is 10.9. The van der Waals surface area contributed by atoms with Crippen LogP contribution in [0.15, 0.2) is 140 Å². The number of nitrogens with zero attached hydrogens (tertiary/aromatic N) is 12. The molecule has 0 unspecified atom stereocenters. The number of benzene rings is 4. The summed E-state index contributed by atoms with van der Waals surface area (Å²) in [5.74, 6) is 5.96. The molecule has 0 amide bonds. The molecule has 119 heavy (non-hydrogen) atoms. The number of carboxylic acids is 1.